The van der Waals surface area contributed by atoms with E-state index in [0.29, 0.717) is 24.6 Å². The monoisotopic (exact) mass is 532 g/mol. The molecule has 9 nitrogen and oxygen atoms in total. The fourth-order valence-corrected chi connectivity index (χ4v) is 5.00. The van der Waals surface area contributed by atoms with Gasteiger partial charge in [0.05, 0.1) is 25.8 Å². The molecule has 0 amide bonds. The van der Waals surface area contributed by atoms with E-state index >= 15 is 0 Å². The number of aromatic nitrogens is 5. The average molecular weight is 533 g/mol. The van der Waals surface area contributed by atoms with Crippen LogP contribution in [-0.4, -0.2) is 50.9 Å². The molecule has 1 atom stereocenters. The van der Waals surface area contributed by atoms with Gasteiger partial charge in [-0.25, -0.2) is 4.68 Å². The number of benzene rings is 2. The summed E-state index contributed by atoms with van der Waals surface area (Å²) in [7, 11) is 3.28. The van der Waals surface area contributed by atoms with Gasteiger partial charge in [-0.15, -0.1) is 5.10 Å². The zero-order valence-corrected chi connectivity index (χ0v) is 24.1. The highest BCUT2D eigenvalue weighted by atomic mass is 16.5. The van der Waals surface area contributed by atoms with Crippen LogP contribution >= 0.6 is 0 Å². The molecule has 39 heavy (non-hydrogen) atoms. The van der Waals surface area contributed by atoms with Crippen molar-refractivity contribution in [2.45, 2.75) is 72.0 Å². The number of methoxy groups -OCH3 is 2. The molecular weight excluding hydrogens is 492 g/mol. The SMILES string of the molecule is CCc1ccc2[nH]c(=O)c(CN(CCc3ccc(OC)c(OC)c3)[C@@H](CC)c3nnnn3C(C)(C)C)cc2c1. The molecule has 1 N–H and O–H groups in total. The Hall–Kier alpha value is -3.72. The summed E-state index contributed by atoms with van der Waals surface area (Å²) in [6, 6.07) is 14.1. The summed E-state index contributed by atoms with van der Waals surface area (Å²) in [6.45, 7) is 11.7. The van der Waals surface area contributed by atoms with Gasteiger partial charge in [0.15, 0.2) is 17.3 Å². The second-order valence-corrected chi connectivity index (χ2v) is 10.9. The lowest BCUT2D eigenvalue weighted by Gasteiger charge is -2.32. The number of tetrazole rings is 1. The summed E-state index contributed by atoms with van der Waals surface area (Å²) in [4.78, 5) is 18.6. The smallest absolute Gasteiger partial charge is 0.252 e. The number of hydrogen-bond donors (Lipinski definition) is 1. The standard InChI is InChI=1S/C30H40N6O3/c1-8-20-10-12-24-22(16-20)18-23(29(37)31-24)19-35(15-14-21-11-13-26(38-6)27(17-21)39-7)25(9-2)28-32-33-34-36(28)30(3,4)5/h10-13,16-18,25H,8-9,14-15,19H2,1-7H3,(H,31,37)/t25-/m0/s1. The number of nitrogens with one attached hydrogen (secondary N) is 1. The van der Waals surface area contributed by atoms with E-state index < -0.39 is 0 Å². The number of ether oxygens (including phenoxy) is 2. The number of hydrogen-bond acceptors (Lipinski definition) is 7. The molecule has 208 valence electrons. The molecule has 0 spiro atoms. The Morgan fingerprint density at radius 1 is 1.00 bits per heavy atom. The van der Waals surface area contributed by atoms with Crippen LogP contribution in [0.4, 0.5) is 0 Å². The average Bonchev–Trinajstić information content (AvgIpc) is 3.42. The fourth-order valence-electron chi connectivity index (χ4n) is 5.00. The minimum Gasteiger partial charge on any atom is -0.493 e. The van der Waals surface area contributed by atoms with Crippen LogP contribution in [0.25, 0.3) is 10.9 Å². The fraction of sp³-hybridized carbons (Fsp3) is 0.467. The highest BCUT2D eigenvalue weighted by Crippen LogP contribution is 2.30. The Balaban J connectivity index is 1.72. The molecule has 4 aromatic rings. The zero-order valence-electron chi connectivity index (χ0n) is 24.1. The first kappa shape index (κ1) is 28.3. The molecule has 0 saturated carbocycles. The predicted molar refractivity (Wildman–Crippen MR) is 153 cm³/mol. The molecule has 9 heteroatoms. The van der Waals surface area contributed by atoms with Crippen molar-refractivity contribution in [1.82, 2.24) is 30.1 Å². The van der Waals surface area contributed by atoms with Gasteiger partial charge in [0.25, 0.3) is 5.56 Å². The van der Waals surface area contributed by atoms with Crippen LogP contribution in [0.3, 0.4) is 0 Å². The van der Waals surface area contributed by atoms with Gasteiger partial charge < -0.3 is 14.5 Å². The van der Waals surface area contributed by atoms with E-state index in [9.17, 15) is 4.79 Å². The normalized spacial score (nSPS) is 12.7. The van der Waals surface area contributed by atoms with E-state index in [0.717, 1.165) is 47.1 Å². The van der Waals surface area contributed by atoms with Crippen LogP contribution in [0.1, 0.15) is 69.6 Å². The van der Waals surface area contributed by atoms with Gasteiger partial charge in [-0.05, 0) is 97.3 Å². The summed E-state index contributed by atoms with van der Waals surface area (Å²) in [5.74, 6) is 2.19. The van der Waals surface area contributed by atoms with Crippen molar-refractivity contribution in [2.24, 2.45) is 0 Å². The molecule has 0 aliphatic carbocycles. The molecule has 0 fully saturated rings. The Bertz CT molecular complexity index is 1470. The van der Waals surface area contributed by atoms with Crippen molar-refractivity contribution in [3.05, 3.63) is 75.3 Å². The van der Waals surface area contributed by atoms with Gasteiger partial charge in [-0.3, -0.25) is 9.69 Å². The molecule has 0 radical (unpaired) electrons. The van der Waals surface area contributed by atoms with Gasteiger partial charge in [0.2, 0.25) is 0 Å². The van der Waals surface area contributed by atoms with Crippen LogP contribution in [0.15, 0.2) is 47.3 Å². The van der Waals surface area contributed by atoms with E-state index in [2.05, 4.69) is 78.2 Å². The molecule has 2 heterocycles. The third kappa shape index (κ3) is 6.30. The van der Waals surface area contributed by atoms with Gasteiger partial charge in [-0.2, -0.15) is 0 Å². The number of fused-ring (bicyclic) bond motifs is 1. The topological polar surface area (TPSA) is 98.2 Å². The number of pyridine rings is 1. The molecule has 0 aliphatic rings. The third-order valence-electron chi connectivity index (χ3n) is 7.16. The first-order valence-corrected chi connectivity index (χ1v) is 13.6. The minimum atomic E-state index is -0.280. The first-order chi connectivity index (χ1) is 18.7. The lowest BCUT2D eigenvalue weighted by Crippen LogP contribution is -2.36. The molecule has 0 unspecified atom stereocenters. The van der Waals surface area contributed by atoms with E-state index in [-0.39, 0.29) is 17.1 Å². The number of rotatable bonds is 11. The van der Waals surface area contributed by atoms with Crippen molar-refractivity contribution in [1.29, 1.82) is 0 Å². The summed E-state index contributed by atoms with van der Waals surface area (Å²) in [5.41, 5.74) is 3.56. The minimum absolute atomic E-state index is 0.0758. The second-order valence-electron chi connectivity index (χ2n) is 10.9. The van der Waals surface area contributed by atoms with Crippen LogP contribution in [0.2, 0.25) is 0 Å². The zero-order chi connectivity index (χ0) is 28.2. The lowest BCUT2D eigenvalue weighted by atomic mass is 10.0. The van der Waals surface area contributed by atoms with Crippen molar-refractivity contribution in [3.63, 3.8) is 0 Å². The summed E-state index contributed by atoms with van der Waals surface area (Å²) in [6.07, 6.45) is 2.47. The maximum absolute atomic E-state index is 13.2. The van der Waals surface area contributed by atoms with E-state index in [1.807, 2.05) is 28.9 Å². The number of nitrogens with zero attached hydrogens (tertiary/aromatic N) is 5. The van der Waals surface area contributed by atoms with Crippen LogP contribution in [0.5, 0.6) is 11.5 Å². The maximum Gasteiger partial charge on any atom is 0.252 e. The number of H-pyrrole nitrogens is 1. The van der Waals surface area contributed by atoms with Gasteiger partial charge in [0, 0.05) is 24.2 Å². The molecule has 4 rings (SSSR count). The predicted octanol–water partition coefficient (Wildman–Crippen LogP) is 5.05. The van der Waals surface area contributed by atoms with E-state index in [4.69, 9.17) is 9.47 Å². The van der Waals surface area contributed by atoms with E-state index in [1.165, 1.54) is 5.56 Å². The van der Waals surface area contributed by atoms with Crippen molar-refractivity contribution < 1.29 is 9.47 Å². The lowest BCUT2D eigenvalue weighted by molar-refractivity contribution is 0.163. The van der Waals surface area contributed by atoms with Gasteiger partial charge in [0.1, 0.15) is 0 Å². The summed E-state index contributed by atoms with van der Waals surface area (Å²) in [5, 5.41) is 13.8. The Labute approximate surface area is 230 Å². The molecule has 0 bridgehead atoms. The molecule has 0 saturated heterocycles. The largest absolute Gasteiger partial charge is 0.493 e. The Morgan fingerprint density at radius 3 is 2.41 bits per heavy atom. The second kappa shape index (κ2) is 12.0. The molecule has 2 aromatic carbocycles. The number of aryl methyl sites for hydroxylation is 1. The first-order valence-electron chi connectivity index (χ1n) is 13.6. The van der Waals surface area contributed by atoms with Crippen molar-refractivity contribution in [3.8, 4) is 11.5 Å². The van der Waals surface area contributed by atoms with Gasteiger partial charge in [-0.1, -0.05) is 26.0 Å². The van der Waals surface area contributed by atoms with Crippen molar-refractivity contribution in [2.75, 3.05) is 20.8 Å². The van der Waals surface area contributed by atoms with Crippen LogP contribution in [0, 0.1) is 0 Å². The van der Waals surface area contributed by atoms with Crippen LogP contribution < -0.4 is 15.0 Å². The van der Waals surface area contributed by atoms with Gasteiger partial charge >= 0.3 is 0 Å². The molecular formula is C30H40N6O3. The Morgan fingerprint density at radius 2 is 1.74 bits per heavy atom. The van der Waals surface area contributed by atoms with E-state index in [1.54, 1.807) is 14.2 Å². The summed E-state index contributed by atoms with van der Waals surface area (Å²) >= 11 is 0. The van der Waals surface area contributed by atoms with Crippen LogP contribution in [-0.2, 0) is 24.9 Å². The highest BCUT2D eigenvalue weighted by molar-refractivity contribution is 5.79. The van der Waals surface area contributed by atoms with Crippen molar-refractivity contribution >= 4 is 10.9 Å². The summed E-state index contributed by atoms with van der Waals surface area (Å²) < 4.78 is 12.8. The maximum atomic E-state index is 13.2. The number of aromatic amines is 1. The molecule has 0 aliphatic heterocycles. The highest BCUT2D eigenvalue weighted by Gasteiger charge is 2.29. The molecule has 2 aromatic heterocycles. The Kier molecular flexibility index (Phi) is 8.70. The third-order valence-corrected chi connectivity index (χ3v) is 7.16. The quantitative estimate of drug-likeness (QED) is 0.289.